The number of para-hydroxylation sites is 2. The molecule has 7 aliphatic rings. The summed E-state index contributed by atoms with van der Waals surface area (Å²) in [7, 11) is 0. The van der Waals surface area contributed by atoms with Gasteiger partial charge in [-0.15, -0.1) is 0 Å². The first-order valence-corrected chi connectivity index (χ1v) is 48.0. The minimum atomic E-state index is 0.0876. The van der Waals surface area contributed by atoms with Crippen molar-refractivity contribution in [2.75, 3.05) is 24.5 Å². The van der Waals surface area contributed by atoms with Crippen LogP contribution in [-0.2, 0) is 0 Å². The third kappa shape index (κ3) is 14.5. The second-order valence-corrected chi connectivity index (χ2v) is 45.5. The van der Waals surface area contributed by atoms with Gasteiger partial charge in [-0.2, -0.15) is 0 Å². The van der Waals surface area contributed by atoms with Gasteiger partial charge in [0.25, 0.3) is 0 Å². The Morgan fingerprint density at radius 2 is 0.520 bits per heavy atom. The normalized spacial score (nSPS) is 23.2. The number of furan rings is 5. The third-order valence-electron chi connectivity index (χ3n) is 33.0. The zero-order valence-electron chi connectivity index (χ0n) is 81.6. The highest BCUT2D eigenvalue weighted by molar-refractivity contribution is 6.13. The van der Waals surface area contributed by atoms with Crippen LogP contribution in [0.2, 0.25) is 0 Å². The van der Waals surface area contributed by atoms with E-state index in [4.69, 9.17) is 22.1 Å². The minimum absolute atomic E-state index is 0.0876. The highest BCUT2D eigenvalue weighted by Crippen LogP contribution is 2.61. The van der Waals surface area contributed by atoms with Gasteiger partial charge < -0.3 is 46.6 Å². The summed E-state index contributed by atoms with van der Waals surface area (Å²) in [5.74, 6) is 0. The third-order valence-corrected chi connectivity index (χ3v) is 33.0. The van der Waals surface area contributed by atoms with Gasteiger partial charge in [0.1, 0.15) is 11.2 Å². The van der Waals surface area contributed by atoms with Crippen molar-refractivity contribution in [1.82, 2.24) is 15.0 Å². The number of rotatable bonds is 5. The van der Waals surface area contributed by atoms with E-state index in [2.05, 4.69) is 347 Å². The van der Waals surface area contributed by atoms with E-state index in [-0.39, 0.29) is 43.9 Å². The number of aryl methyl sites for hydroxylation is 6. The molecule has 5 saturated heterocycles. The lowest BCUT2D eigenvalue weighted by molar-refractivity contribution is 0.170. The van der Waals surface area contributed by atoms with Crippen molar-refractivity contribution >= 4 is 139 Å². The second kappa shape index (κ2) is 31.1. The van der Waals surface area contributed by atoms with Crippen molar-refractivity contribution in [3.63, 3.8) is 0 Å². The number of pyridine rings is 3. The van der Waals surface area contributed by atoms with Gasteiger partial charge in [0.2, 0.25) is 17.1 Å². The van der Waals surface area contributed by atoms with Crippen molar-refractivity contribution in [3.05, 3.63) is 191 Å². The van der Waals surface area contributed by atoms with E-state index < -0.39 is 0 Å². The fourth-order valence-corrected chi connectivity index (χ4v) is 27.3. The van der Waals surface area contributed by atoms with Crippen LogP contribution in [0.1, 0.15) is 275 Å². The summed E-state index contributed by atoms with van der Waals surface area (Å²) in [6, 6.07) is 53.8. The zero-order chi connectivity index (χ0) is 90.3. The molecule has 7 fully saturated rings. The summed E-state index contributed by atoms with van der Waals surface area (Å²) in [5, 5.41) is 11.7. The summed E-state index contributed by atoms with van der Waals surface area (Å²) in [6.07, 6.45) is 23.5. The number of anilines is 5. The quantitative estimate of drug-likeness (QED) is 0.163. The monoisotopic (exact) mass is 1700 g/mol. The molecule has 5 aliphatic heterocycles. The van der Waals surface area contributed by atoms with Gasteiger partial charge in [-0.1, -0.05) is 177 Å². The fourth-order valence-electron chi connectivity index (χ4n) is 27.3. The van der Waals surface area contributed by atoms with Gasteiger partial charge in [0.05, 0.1) is 28.4 Å². The maximum Gasteiger partial charge on any atom is 0.227 e. The molecule has 15 aromatic rings. The van der Waals surface area contributed by atoms with Crippen LogP contribution in [0, 0.1) is 68.6 Å². The smallest absolute Gasteiger partial charge is 0.227 e. The van der Waals surface area contributed by atoms with Crippen LogP contribution in [0.3, 0.4) is 0 Å². The predicted molar refractivity (Wildman–Crippen MR) is 536 cm³/mol. The first-order chi connectivity index (χ1) is 59.9. The molecule has 127 heavy (non-hydrogen) atoms. The fraction of sp³-hybridized carbons (Fsp3) is 0.500. The number of benzene rings is 7. The van der Waals surface area contributed by atoms with E-state index in [1.165, 1.54) is 167 Å². The van der Waals surface area contributed by atoms with Gasteiger partial charge in [0, 0.05) is 130 Å². The Morgan fingerprint density at radius 3 is 0.835 bits per heavy atom. The van der Waals surface area contributed by atoms with Gasteiger partial charge >= 0.3 is 0 Å². The minimum Gasteiger partial charge on any atom is -0.454 e. The lowest BCUT2D eigenvalue weighted by atomic mass is 9.68. The highest BCUT2D eigenvalue weighted by Gasteiger charge is 2.58. The van der Waals surface area contributed by atoms with Crippen LogP contribution in [0.5, 0.6) is 0 Å². The largest absolute Gasteiger partial charge is 0.454 e. The average molecular weight is 1700 g/mol. The van der Waals surface area contributed by atoms with Crippen LogP contribution in [-0.4, -0.2) is 72.9 Å². The highest BCUT2D eigenvalue weighted by atomic mass is 16.4. The Bertz CT molecular complexity index is 6410. The molecule has 5 atom stereocenters. The topological polar surface area (TPSA) is 121 Å². The molecule has 2 spiro atoms. The van der Waals surface area contributed by atoms with Crippen LogP contribution in [0.15, 0.2) is 180 Å². The standard InChI is InChI=1S/C25H31NO.C24H30N2O.C22H28N2O.C22H27NO.C21H26N2O/c1-17-12-13-20-19-10-6-7-11-21(19)27-23(20)22(17)26-18(2)25(16-24(26,3)4)14-8-5-9-15-25;1-16-10-11-18-19-9-8-14-25-22(19)27-21(18)20(16)26-17(2)24(15-23(26,3)4)12-6-5-7-13-24;1-13-8-10-16-17-11-9-14(2)23-20(17)25-19(16)18(13)24-15(3)21(4,5)12-22(24,6)7;1-14-11-12-17-16-9-7-8-10-18(16)24-20(17)19(14)23-15(2)21(3,4)13-22(23,5)6;1-13-9-10-15-16-8-7-11-22-19(16)24-18(15)17(13)23-14(2)20(3,4)12-21(23,5)6/h6-7,10-13,18H,5,8-9,14-16H2,1-4H3;8-11,14,17H,5-7,12-13,15H2,1-4H3;8-11,15H,12H2,1-7H3;7-12,15H,13H2,1-6H3;7-11,14H,12H2,1-6H3. The number of fused-ring (bicyclic) bond motifs is 15. The summed E-state index contributed by atoms with van der Waals surface area (Å²) in [4.78, 5) is 26.7. The van der Waals surface area contributed by atoms with E-state index >= 15 is 0 Å². The van der Waals surface area contributed by atoms with Gasteiger partial charge in [-0.25, -0.2) is 15.0 Å². The van der Waals surface area contributed by atoms with Crippen molar-refractivity contribution in [2.45, 2.75) is 341 Å². The Kier molecular flexibility index (Phi) is 21.5. The number of aromatic nitrogens is 3. The molecule has 7 aromatic carbocycles. The van der Waals surface area contributed by atoms with E-state index in [0.717, 1.165) is 102 Å². The van der Waals surface area contributed by atoms with Crippen LogP contribution in [0.25, 0.3) is 110 Å². The molecule has 5 unspecified atom stereocenters. The number of hydrogen-bond donors (Lipinski definition) is 0. The van der Waals surface area contributed by atoms with Crippen molar-refractivity contribution < 1.29 is 22.1 Å². The average Bonchev–Trinajstić information content (AvgIpc) is 1.61. The lowest BCUT2D eigenvalue weighted by Gasteiger charge is -2.41. The molecule has 2 saturated carbocycles. The van der Waals surface area contributed by atoms with Crippen molar-refractivity contribution in [1.29, 1.82) is 0 Å². The maximum absolute atomic E-state index is 6.45. The molecule has 0 radical (unpaired) electrons. The molecule has 2 aliphatic carbocycles. The van der Waals surface area contributed by atoms with Crippen LogP contribution in [0.4, 0.5) is 28.4 Å². The Hall–Kier alpha value is -10.0. The number of hydrogen-bond acceptors (Lipinski definition) is 13. The Morgan fingerprint density at radius 1 is 0.260 bits per heavy atom. The molecule has 668 valence electrons. The first kappa shape index (κ1) is 87.7. The molecule has 0 amide bonds. The first-order valence-electron chi connectivity index (χ1n) is 48.0. The summed E-state index contributed by atoms with van der Waals surface area (Å²) in [5.41, 5.74) is 25.3. The van der Waals surface area contributed by atoms with E-state index in [9.17, 15) is 0 Å². The predicted octanol–water partition coefficient (Wildman–Crippen LogP) is 31.8. The summed E-state index contributed by atoms with van der Waals surface area (Å²) in [6.45, 7) is 63.1. The van der Waals surface area contributed by atoms with E-state index in [0.29, 0.717) is 41.0 Å². The number of nitrogens with zero attached hydrogens (tertiary/aromatic N) is 8. The maximum atomic E-state index is 6.45. The molecule has 0 N–H and O–H groups in total. The van der Waals surface area contributed by atoms with Crippen LogP contribution >= 0.6 is 0 Å². The molecule has 13 heteroatoms. The zero-order valence-corrected chi connectivity index (χ0v) is 81.6. The van der Waals surface area contributed by atoms with Gasteiger partial charge in [-0.3, -0.25) is 0 Å². The van der Waals surface area contributed by atoms with E-state index in [1.54, 1.807) is 6.20 Å². The lowest BCUT2D eigenvalue weighted by Crippen LogP contribution is -2.44. The molecule has 13 heterocycles. The molecule has 13 nitrogen and oxygen atoms in total. The molecular weight excluding hydrogens is 1560 g/mol. The summed E-state index contributed by atoms with van der Waals surface area (Å²) < 4.78 is 31.7. The molecular formula is C114H142N8O5. The van der Waals surface area contributed by atoms with Crippen LogP contribution < -0.4 is 24.5 Å². The summed E-state index contributed by atoms with van der Waals surface area (Å²) >= 11 is 0. The molecule has 0 bridgehead atoms. The molecule has 8 aromatic heterocycles. The molecule has 22 rings (SSSR count). The van der Waals surface area contributed by atoms with Crippen molar-refractivity contribution in [2.24, 2.45) is 27.1 Å². The van der Waals surface area contributed by atoms with Gasteiger partial charge in [0.15, 0.2) is 27.9 Å². The van der Waals surface area contributed by atoms with Gasteiger partial charge in [-0.05, 0) is 307 Å². The SMILES string of the molecule is Cc1ccc2c(n1)oc1c(N3C(C)C(C)(C)CC3(C)C)c(C)ccc12.Cc1ccc2c(oc3ccccc32)c1N1C(C)C(C)(C)CC1(C)C.Cc1ccc2c(oc3ccccc32)c1N1C(C)C2(CCCCC2)CC1(C)C.Cc1ccc2c(oc3ncccc32)c1N1C(C)C(C)(C)CC1(C)C.Cc1ccc2c(oc3ncccc32)c1N1C(C)C2(CCCCC2)CC1(C)C. The second-order valence-electron chi connectivity index (χ2n) is 45.5. The Balaban J connectivity index is 0.000000108. The van der Waals surface area contributed by atoms with Crippen molar-refractivity contribution in [3.8, 4) is 0 Å². The van der Waals surface area contributed by atoms with E-state index in [1.807, 2.05) is 31.3 Å². The Labute approximate surface area is 755 Å².